The Morgan fingerprint density at radius 2 is 2.07 bits per heavy atom. The van der Waals surface area contributed by atoms with Gasteiger partial charge in [0.2, 0.25) is 5.91 Å². The fourth-order valence-corrected chi connectivity index (χ4v) is 1.64. The summed E-state index contributed by atoms with van der Waals surface area (Å²) >= 11 is 0. The molecular weight excluding hydrogens is 178 g/mol. The van der Waals surface area contributed by atoms with E-state index in [0.717, 1.165) is 11.3 Å². The number of nitrogens with one attached hydrogen (secondary N) is 1. The van der Waals surface area contributed by atoms with E-state index in [0.29, 0.717) is 6.54 Å². The zero-order valence-corrected chi connectivity index (χ0v) is 8.03. The van der Waals surface area contributed by atoms with Crippen LogP contribution in [0.2, 0.25) is 0 Å². The van der Waals surface area contributed by atoms with Crippen molar-refractivity contribution < 1.29 is 4.79 Å². The van der Waals surface area contributed by atoms with Gasteiger partial charge in [-0.05, 0) is 24.7 Å². The fraction of sp³-hybridized carbons (Fsp3) is 0.300. The molecule has 2 rings (SSSR count). The lowest BCUT2D eigenvalue weighted by Gasteiger charge is -2.18. The average molecular weight is 191 g/mol. The molecule has 1 atom stereocenters. The van der Waals surface area contributed by atoms with Crippen molar-refractivity contribution in [3.63, 3.8) is 0 Å². The largest absolute Gasteiger partial charge is 0.399 e. The number of nitrogens with zero attached hydrogens (tertiary/aromatic N) is 1. The van der Waals surface area contributed by atoms with E-state index in [9.17, 15) is 4.79 Å². The zero-order valence-electron chi connectivity index (χ0n) is 8.03. The maximum atomic E-state index is 11.1. The Morgan fingerprint density at radius 1 is 1.43 bits per heavy atom. The lowest BCUT2D eigenvalue weighted by molar-refractivity contribution is -0.118. The third-order valence-corrected chi connectivity index (χ3v) is 2.38. The molecule has 1 amide bonds. The van der Waals surface area contributed by atoms with Crippen molar-refractivity contribution in [2.75, 3.05) is 19.3 Å². The van der Waals surface area contributed by atoms with Crippen molar-refractivity contribution in [1.29, 1.82) is 0 Å². The predicted molar refractivity (Wildman–Crippen MR) is 54.4 cm³/mol. The van der Waals surface area contributed by atoms with Crippen molar-refractivity contribution in [2.45, 2.75) is 6.17 Å². The third kappa shape index (κ3) is 1.56. The van der Waals surface area contributed by atoms with E-state index in [2.05, 4.69) is 5.32 Å². The van der Waals surface area contributed by atoms with Crippen LogP contribution in [0.5, 0.6) is 0 Å². The van der Waals surface area contributed by atoms with Crippen LogP contribution in [-0.2, 0) is 4.79 Å². The molecule has 1 aromatic rings. The van der Waals surface area contributed by atoms with E-state index in [4.69, 9.17) is 5.73 Å². The lowest BCUT2D eigenvalue weighted by atomic mass is 10.1. The summed E-state index contributed by atoms with van der Waals surface area (Å²) in [5.41, 5.74) is 7.39. The molecule has 1 aromatic carbocycles. The Labute approximate surface area is 82.7 Å². The van der Waals surface area contributed by atoms with E-state index in [1.165, 1.54) is 0 Å². The highest BCUT2D eigenvalue weighted by Gasteiger charge is 2.27. The number of rotatable bonds is 1. The Kier molecular flexibility index (Phi) is 2.13. The molecule has 0 aromatic heterocycles. The van der Waals surface area contributed by atoms with Crippen LogP contribution >= 0.6 is 0 Å². The molecule has 74 valence electrons. The van der Waals surface area contributed by atoms with Gasteiger partial charge in [0.15, 0.2) is 0 Å². The maximum absolute atomic E-state index is 11.1. The highest BCUT2D eigenvalue weighted by Crippen LogP contribution is 2.20. The Bertz CT molecular complexity index is 347. The van der Waals surface area contributed by atoms with Gasteiger partial charge in [-0.3, -0.25) is 9.69 Å². The van der Waals surface area contributed by atoms with Crippen LogP contribution in [0.4, 0.5) is 5.69 Å². The van der Waals surface area contributed by atoms with Crippen LogP contribution in [0.15, 0.2) is 24.3 Å². The number of benzene rings is 1. The second-order valence-electron chi connectivity index (χ2n) is 3.55. The molecule has 1 fully saturated rings. The topological polar surface area (TPSA) is 58.4 Å². The first-order valence-electron chi connectivity index (χ1n) is 4.52. The summed E-state index contributed by atoms with van der Waals surface area (Å²) in [6.07, 6.45) is -0.0110. The first-order chi connectivity index (χ1) is 6.66. The Hall–Kier alpha value is -1.55. The van der Waals surface area contributed by atoms with Crippen LogP contribution < -0.4 is 11.1 Å². The fourth-order valence-electron chi connectivity index (χ4n) is 1.64. The minimum absolute atomic E-state index is 0.0110. The first kappa shape index (κ1) is 9.02. The van der Waals surface area contributed by atoms with Crippen LogP contribution in [0.3, 0.4) is 0 Å². The number of likely N-dealkylation sites (N-methyl/N-ethyl adjacent to an activating group) is 1. The van der Waals surface area contributed by atoms with Gasteiger partial charge >= 0.3 is 0 Å². The average Bonchev–Trinajstić information content (AvgIpc) is 2.47. The molecule has 0 spiro atoms. The summed E-state index contributed by atoms with van der Waals surface area (Å²) in [6, 6.07) is 7.55. The van der Waals surface area contributed by atoms with Crippen molar-refractivity contribution in [2.24, 2.45) is 0 Å². The molecule has 0 saturated carbocycles. The van der Waals surface area contributed by atoms with Gasteiger partial charge in [0.25, 0.3) is 0 Å². The SMILES string of the molecule is CN1CC(=O)NC1c1ccc(N)cc1. The van der Waals surface area contributed by atoms with Crippen LogP contribution in [0.1, 0.15) is 11.7 Å². The molecule has 1 unspecified atom stereocenters. The molecule has 1 aliphatic heterocycles. The van der Waals surface area contributed by atoms with Gasteiger partial charge in [-0.15, -0.1) is 0 Å². The smallest absolute Gasteiger partial charge is 0.235 e. The quantitative estimate of drug-likeness (QED) is 0.629. The van der Waals surface area contributed by atoms with Crippen molar-refractivity contribution in [3.05, 3.63) is 29.8 Å². The number of nitrogens with two attached hydrogens (primary N) is 1. The number of anilines is 1. The summed E-state index contributed by atoms with van der Waals surface area (Å²) in [6.45, 7) is 0.453. The monoisotopic (exact) mass is 191 g/mol. The van der Waals surface area contributed by atoms with E-state index < -0.39 is 0 Å². The summed E-state index contributed by atoms with van der Waals surface area (Å²) in [4.78, 5) is 13.1. The van der Waals surface area contributed by atoms with Crippen molar-refractivity contribution in [3.8, 4) is 0 Å². The Balaban J connectivity index is 2.23. The molecule has 1 aliphatic rings. The van der Waals surface area contributed by atoms with Gasteiger partial charge in [0.05, 0.1) is 6.54 Å². The van der Waals surface area contributed by atoms with Crippen molar-refractivity contribution in [1.82, 2.24) is 10.2 Å². The summed E-state index contributed by atoms with van der Waals surface area (Å²) < 4.78 is 0. The predicted octanol–water partition coefficient (Wildman–Crippen LogP) is 0.329. The van der Waals surface area contributed by atoms with E-state index in [-0.39, 0.29) is 12.1 Å². The Morgan fingerprint density at radius 3 is 2.57 bits per heavy atom. The molecular formula is C10H13N3O. The number of hydrogen-bond donors (Lipinski definition) is 2. The second kappa shape index (κ2) is 3.31. The van der Waals surface area contributed by atoms with Gasteiger partial charge in [-0.2, -0.15) is 0 Å². The molecule has 1 saturated heterocycles. The van der Waals surface area contributed by atoms with Gasteiger partial charge < -0.3 is 11.1 Å². The van der Waals surface area contributed by atoms with E-state index in [1.807, 2.05) is 36.2 Å². The minimum atomic E-state index is -0.0110. The van der Waals surface area contributed by atoms with Crippen LogP contribution in [0, 0.1) is 0 Å². The van der Waals surface area contributed by atoms with E-state index >= 15 is 0 Å². The summed E-state index contributed by atoms with van der Waals surface area (Å²) in [5.74, 6) is 0.0642. The first-order valence-corrected chi connectivity index (χ1v) is 4.52. The van der Waals surface area contributed by atoms with Crippen LogP contribution in [-0.4, -0.2) is 24.4 Å². The van der Waals surface area contributed by atoms with Gasteiger partial charge in [-0.1, -0.05) is 12.1 Å². The number of amides is 1. The molecule has 0 bridgehead atoms. The molecule has 0 aliphatic carbocycles. The zero-order chi connectivity index (χ0) is 10.1. The van der Waals surface area contributed by atoms with Gasteiger partial charge in [-0.25, -0.2) is 0 Å². The number of nitrogen functional groups attached to an aromatic ring is 1. The normalized spacial score (nSPS) is 22.4. The molecule has 3 N–H and O–H groups in total. The molecule has 4 heteroatoms. The second-order valence-corrected chi connectivity index (χ2v) is 3.55. The molecule has 0 radical (unpaired) electrons. The molecule has 1 heterocycles. The van der Waals surface area contributed by atoms with E-state index in [1.54, 1.807) is 0 Å². The lowest BCUT2D eigenvalue weighted by Crippen LogP contribution is -2.24. The molecule has 14 heavy (non-hydrogen) atoms. The third-order valence-electron chi connectivity index (χ3n) is 2.38. The maximum Gasteiger partial charge on any atom is 0.235 e. The standard InChI is InChI=1S/C10H13N3O/c1-13-6-9(14)12-10(13)7-2-4-8(11)5-3-7/h2-5,10H,6,11H2,1H3,(H,12,14). The highest BCUT2D eigenvalue weighted by atomic mass is 16.2. The summed E-state index contributed by atoms with van der Waals surface area (Å²) in [5, 5.41) is 2.89. The molecule has 4 nitrogen and oxygen atoms in total. The number of hydrogen-bond acceptors (Lipinski definition) is 3. The van der Waals surface area contributed by atoms with Gasteiger partial charge in [0.1, 0.15) is 6.17 Å². The van der Waals surface area contributed by atoms with Crippen molar-refractivity contribution >= 4 is 11.6 Å². The highest BCUT2D eigenvalue weighted by molar-refractivity contribution is 5.80. The minimum Gasteiger partial charge on any atom is -0.399 e. The van der Waals surface area contributed by atoms with Gasteiger partial charge in [0, 0.05) is 5.69 Å². The van der Waals surface area contributed by atoms with Crippen LogP contribution in [0.25, 0.3) is 0 Å². The number of carbonyl (C=O) groups is 1. The number of carbonyl (C=O) groups excluding carboxylic acids is 1. The summed E-state index contributed by atoms with van der Waals surface area (Å²) in [7, 11) is 1.92.